The van der Waals surface area contributed by atoms with Crippen molar-refractivity contribution in [3.63, 3.8) is 0 Å². The van der Waals surface area contributed by atoms with Gasteiger partial charge in [-0.3, -0.25) is 0 Å². The first-order chi connectivity index (χ1) is 8.88. The number of para-hydroxylation sites is 1. The molecule has 90 valence electrons. The molecule has 2 aromatic rings. The Labute approximate surface area is 107 Å². The number of benzene rings is 2. The summed E-state index contributed by atoms with van der Waals surface area (Å²) in [5.41, 5.74) is 2.02. The highest BCUT2D eigenvalue weighted by atomic mass is 16.5. The minimum absolute atomic E-state index is 0.552. The Kier molecular flexibility index (Phi) is 4.31. The van der Waals surface area contributed by atoms with Crippen molar-refractivity contribution in [2.24, 2.45) is 0 Å². The van der Waals surface area contributed by atoms with Crippen LogP contribution in [0.2, 0.25) is 0 Å². The summed E-state index contributed by atoms with van der Waals surface area (Å²) >= 11 is 0. The first kappa shape index (κ1) is 12.1. The lowest BCUT2D eigenvalue weighted by Crippen LogP contribution is -1.92. The number of rotatable bonds is 5. The van der Waals surface area contributed by atoms with E-state index in [1.54, 1.807) is 0 Å². The van der Waals surface area contributed by atoms with Crippen molar-refractivity contribution in [3.8, 4) is 5.75 Å². The van der Waals surface area contributed by atoms with Crippen molar-refractivity contribution in [1.82, 2.24) is 0 Å². The molecule has 0 aromatic heterocycles. The molecule has 2 rings (SSSR count). The van der Waals surface area contributed by atoms with E-state index >= 15 is 0 Å². The predicted molar refractivity (Wildman–Crippen MR) is 75.3 cm³/mol. The summed E-state index contributed by atoms with van der Waals surface area (Å²) in [4.78, 5) is 0. The average molecular weight is 237 g/mol. The zero-order valence-corrected chi connectivity index (χ0v) is 10.0. The smallest absolute Gasteiger partial charge is 0.119 e. The van der Waals surface area contributed by atoms with Crippen molar-refractivity contribution < 1.29 is 4.74 Å². The molecule has 0 amide bonds. The van der Waals surface area contributed by atoms with E-state index in [0.717, 1.165) is 16.9 Å². The summed E-state index contributed by atoms with van der Waals surface area (Å²) in [6, 6.07) is 17.6. The van der Waals surface area contributed by atoms with Gasteiger partial charge in [0.05, 0.1) is 0 Å². The molecule has 0 saturated heterocycles. The van der Waals surface area contributed by atoms with E-state index in [2.05, 4.69) is 0 Å². The van der Waals surface area contributed by atoms with Crippen LogP contribution in [-0.2, 0) is 0 Å². The third-order valence-corrected chi connectivity index (χ3v) is 2.50. The highest BCUT2D eigenvalue weighted by Gasteiger charge is 1.89. The minimum atomic E-state index is 0.552. The van der Waals surface area contributed by atoms with Gasteiger partial charge in [-0.25, -0.2) is 0 Å². The zero-order valence-electron chi connectivity index (χ0n) is 10.0. The van der Waals surface area contributed by atoms with Gasteiger partial charge in [-0.1, -0.05) is 48.5 Å². The molecule has 0 aliphatic heterocycles. The first-order valence-corrected chi connectivity index (χ1v) is 5.83. The lowest BCUT2D eigenvalue weighted by atomic mass is 10.1. The van der Waals surface area contributed by atoms with Crippen LogP contribution in [0.25, 0.3) is 6.08 Å². The average Bonchev–Trinajstić information content (AvgIpc) is 2.45. The molecule has 0 aliphatic rings. The fourth-order valence-electron chi connectivity index (χ4n) is 1.55. The van der Waals surface area contributed by atoms with E-state index < -0.39 is 0 Å². The highest BCUT2D eigenvalue weighted by Crippen LogP contribution is 2.09. The maximum absolute atomic E-state index is 7.11. The second-order valence-corrected chi connectivity index (χ2v) is 3.84. The normalized spacial score (nSPS) is 10.4. The molecule has 0 saturated carbocycles. The predicted octanol–water partition coefficient (Wildman–Crippen LogP) is 3.78. The van der Waals surface area contributed by atoms with Crippen LogP contribution in [-0.4, -0.2) is 12.8 Å². The van der Waals surface area contributed by atoms with Crippen molar-refractivity contribution >= 4 is 12.3 Å². The summed E-state index contributed by atoms with van der Waals surface area (Å²) in [5.74, 6) is 0.876. The van der Waals surface area contributed by atoms with E-state index in [4.69, 9.17) is 10.1 Å². The monoisotopic (exact) mass is 237 g/mol. The fourth-order valence-corrected chi connectivity index (χ4v) is 1.55. The van der Waals surface area contributed by atoms with Crippen LogP contribution >= 0.6 is 0 Å². The molecule has 0 atom stereocenters. The quantitative estimate of drug-likeness (QED) is 0.789. The Hall–Kier alpha value is -2.35. The van der Waals surface area contributed by atoms with Gasteiger partial charge < -0.3 is 10.1 Å². The van der Waals surface area contributed by atoms with E-state index in [1.165, 1.54) is 6.21 Å². The van der Waals surface area contributed by atoms with Crippen molar-refractivity contribution in [3.05, 3.63) is 71.8 Å². The molecule has 0 bridgehead atoms. The van der Waals surface area contributed by atoms with Crippen molar-refractivity contribution in [1.29, 1.82) is 5.41 Å². The van der Waals surface area contributed by atoms with E-state index in [-0.39, 0.29) is 0 Å². The molecule has 0 radical (unpaired) electrons. The third-order valence-electron chi connectivity index (χ3n) is 2.50. The van der Waals surface area contributed by atoms with E-state index in [9.17, 15) is 0 Å². The molecule has 0 aliphatic carbocycles. The van der Waals surface area contributed by atoms with Gasteiger partial charge in [0.25, 0.3) is 0 Å². The highest BCUT2D eigenvalue weighted by molar-refractivity contribution is 5.77. The van der Waals surface area contributed by atoms with Gasteiger partial charge in [0.2, 0.25) is 0 Å². The van der Waals surface area contributed by atoms with Crippen LogP contribution in [0.1, 0.15) is 11.1 Å². The second kappa shape index (κ2) is 6.40. The van der Waals surface area contributed by atoms with Crippen LogP contribution in [0, 0.1) is 5.41 Å². The molecule has 2 heteroatoms. The summed E-state index contributed by atoms with van der Waals surface area (Å²) in [6.07, 6.45) is 5.33. The SMILES string of the molecule is N=Cc1ccc(/C=C/COc2ccccc2)cc1. The van der Waals surface area contributed by atoms with Crippen LogP contribution in [0.4, 0.5) is 0 Å². The molecule has 0 fully saturated rings. The lowest BCUT2D eigenvalue weighted by molar-refractivity contribution is 0.363. The van der Waals surface area contributed by atoms with Crippen molar-refractivity contribution in [2.45, 2.75) is 0 Å². The number of nitrogens with one attached hydrogen (secondary N) is 1. The summed E-state index contributed by atoms with van der Waals surface area (Å²) < 4.78 is 5.55. The van der Waals surface area contributed by atoms with E-state index in [1.807, 2.05) is 66.7 Å². The standard InChI is InChI=1S/C16H15NO/c17-13-15-10-8-14(9-11-15)5-4-12-18-16-6-2-1-3-7-16/h1-11,13,17H,12H2/b5-4+,17-13?. The van der Waals surface area contributed by atoms with Crippen LogP contribution in [0.15, 0.2) is 60.7 Å². The summed E-state index contributed by atoms with van der Waals surface area (Å²) in [6.45, 7) is 0.552. The largest absolute Gasteiger partial charge is 0.490 e. The molecular weight excluding hydrogens is 222 g/mol. The Morgan fingerprint density at radius 1 is 0.889 bits per heavy atom. The lowest BCUT2D eigenvalue weighted by Gasteiger charge is -2.01. The van der Waals surface area contributed by atoms with Crippen molar-refractivity contribution in [2.75, 3.05) is 6.61 Å². The molecule has 2 aromatic carbocycles. The molecule has 2 nitrogen and oxygen atoms in total. The van der Waals surface area contributed by atoms with Gasteiger partial charge in [-0.15, -0.1) is 0 Å². The third kappa shape index (κ3) is 3.59. The molecule has 18 heavy (non-hydrogen) atoms. The number of ether oxygens (including phenoxy) is 1. The van der Waals surface area contributed by atoms with Crippen LogP contribution in [0.5, 0.6) is 5.75 Å². The molecular formula is C16H15NO. The van der Waals surface area contributed by atoms with Crippen LogP contribution < -0.4 is 4.74 Å². The minimum Gasteiger partial charge on any atom is -0.490 e. The summed E-state index contributed by atoms with van der Waals surface area (Å²) in [5, 5.41) is 7.11. The van der Waals surface area contributed by atoms with Crippen LogP contribution in [0.3, 0.4) is 0 Å². The van der Waals surface area contributed by atoms with Gasteiger partial charge in [0.1, 0.15) is 12.4 Å². The van der Waals surface area contributed by atoms with Gasteiger partial charge in [-0.2, -0.15) is 0 Å². The van der Waals surface area contributed by atoms with E-state index in [0.29, 0.717) is 6.61 Å². The van der Waals surface area contributed by atoms with Gasteiger partial charge in [-0.05, 0) is 29.3 Å². The number of hydrogen-bond acceptors (Lipinski definition) is 2. The Bertz CT molecular complexity index is 515. The maximum atomic E-state index is 7.11. The summed E-state index contributed by atoms with van der Waals surface area (Å²) in [7, 11) is 0. The Morgan fingerprint density at radius 3 is 2.22 bits per heavy atom. The first-order valence-electron chi connectivity index (χ1n) is 5.83. The zero-order chi connectivity index (χ0) is 12.6. The molecule has 1 N–H and O–H groups in total. The number of hydrogen-bond donors (Lipinski definition) is 1. The fraction of sp³-hybridized carbons (Fsp3) is 0.0625. The maximum Gasteiger partial charge on any atom is 0.119 e. The van der Waals surface area contributed by atoms with Gasteiger partial charge in [0, 0.05) is 6.21 Å². The second-order valence-electron chi connectivity index (χ2n) is 3.84. The Morgan fingerprint density at radius 2 is 1.56 bits per heavy atom. The van der Waals surface area contributed by atoms with Gasteiger partial charge >= 0.3 is 0 Å². The van der Waals surface area contributed by atoms with Gasteiger partial charge in [0.15, 0.2) is 0 Å². The molecule has 0 spiro atoms. The molecule has 0 unspecified atom stereocenters. The topological polar surface area (TPSA) is 33.1 Å². The molecule has 0 heterocycles. The Balaban J connectivity index is 1.85.